The lowest BCUT2D eigenvalue weighted by molar-refractivity contribution is -0.139. The Balaban J connectivity index is 1.68. The first-order valence-electron chi connectivity index (χ1n) is 8.17. The number of anilines is 1. The number of para-hydroxylation sites is 1. The number of carboxylic acids is 1. The van der Waals surface area contributed by atoms with Crippen molar-refractivity contribution >= 4 is 17.6 Å². The van der Waals surface area contributed by atoms with Crippen LogP contribution < -0.4 is 15.5 Å². The van der Waals surface area contributed by atoms with Crippen molar-refractivity contribution in [2.24, 2.45) is 0 Å². The van der Waals surface area contributed by atoms with Gasteiger partial charge in [0.2, 0.25) is 5.91 Å². The van der Waals surface area contributed by atoms with Gasteiger partial charge in [0.05, 0.1) is 6.54 Å². The zero-order valence-corrected chi connectivity index (χ0v) is 13.5. The van der Waals surface area contributed by atoms with E-state index in [0.29, 0.717) is 13.0 Å². The summed E-state index contributed by atoms with van der Waals surface area (Å²) < 4.78 is 0. The maximum Gasteiger partial charge on any atom is 0.320 e. The number of amides is 1. The van der Waals surface area contributed by atoms with Crippen LogP contribution in [0.1, 0.15) is 25.3 Å². The van der Waals surface area contributed by atoms with Crippen LogP contribution in [0.5, 0.6) is 0 Å². The second-order valence-electron chi connectivity index (χ2n) is 5.78. The van der Waals surface area contributed by atoms with Gasteiger partial charge in [0.15, 0.2) is 0 Å². The van der Waals surface area contributed by atoms with Crippen LogP contribution >= 0.6 is 0 Å². The molecule has 0 spiro atoms. The standard InChI is InChI=1S/C17H25N3O3/c1-2-5-14(17(22)23)19-12-16(21)18-9-11-20-10-8-13-6-3-4-7-15(13)20/h3-4,6-7,14,19H,2,5,8-12H2,1H3,(H,18,21)(H,22,23). The second kappa shape index (κ2) is 8.53. The highest BCUT2D eigenvalue weighted by atomic mass is 16.4. The summed E-state index contributed by atoms with van der Waals surface area (Å²) in [5.41, 5.74) is 2.60. The first kappa shape index (κ1) is 17.3. The molecule has 1 aromatic rings. The van der Waals surface area contributed by atoms with Crippen molar-refractivity contribution in [1.29, 1.82) is 0 Å². The number of carbonyl (C=O) groups is 2. The molecule has 3 N–H and O–H groups in total. The Hall–Kier alpha value is -2.08. The van der Waals surface area contributed by atoms with Crippen LogP contribution in [0.3, 0.4) is 0 Å². The van der Waals surface area contributed by atoms with Crippen molar-refractivity contribution in [3.05, 3.63) is 29.8 Å². The van der Waals surface area contributed by atoms with Crippen molar-refractivity contribution in [3.8, 4) is 0 Å². The van der Waals surface area contributed by atoms with Gasteiger partial charge in [-0.2, -0.15) is 0 Å². The molecule has 0 aliphatic carbocycles. The third-order valence-electron chi connectivity index (χ3n) is 4.07. The Morgan fingerprint density at radius 3 is 2.87 bits per heavy atom. The fourth-order valence-corrected chi connectivity index (χ4v) is 2.85. The van der Waals surface area contributed by atoms with Gasteiger partial charge in [0.1, 0.15) is 6.04 Å². The van der Waals surface area contributed by atoms with E-state index in [1.165, 1.54) is 11.3 Å². The highest BCUT2D eigenvalue weighted by Gasteiger charge is 2.18. The van der Waals surface area contributed by atoms with Gasteiger partial charge in [-0.05, 0) is 24.5 Å². The molecule has 1 atom stereocenters. The topological polar surface area (TPSA) is 81.7 Å². The number of benzene rings is 1. The summed E-state index contributed by atoms with van der Waals surface area (Å²) in [6.45, 7) is 4.25. The Labute approximate surface area is 136 Å². The molecule has 1 unspecified atom stereocenters. The van der Waals surface area contributed by atoms with Crippen LogP contribution in [-0.2, 0) is 16.0 Å². The van der Waals surface area contributed by atoms with E-state index in [1.807, 2.05) is 19.1 Å². The van der Waals surface area contributed by atoms with Crippen LogP contribution in [0.25, 0.3) is 0 Å². The van der Waals surface area contributed by atoms with Crippen LogP contribution in [0.15, 0.2) is 24.3 Å². The van der Waals surface area contributed by atoms with Crippen molar-refractivity contribution in [1.82, 2.24) is 10.6 Å². The number of hydrogen-bond acceptors (Lipinski definition) is 4. The van der Waals surface area contributed by atoms with Crippen LogP contribution in [0.2, 0.25) is 0 Å². The van der Waals surface area contributed by atoms with Gasteiger partial charge >= 0.3 is 5.97 Å². The minimum Gasteiger partial charge on any atom is -0.480 e. The van der Waals surface area contributed by atoms with Gasteiger partial charge in [-0.3, -0.25) is 14.9 Å². The minimum atomic E-state index is -0.909. The Morgan fingerprint density at radius 1 is 1.35 bits per heavy atom. The highest BCUT2D eigenvalue weighted by molar-refractivity contribution is 5.79. The molecule has 6 heteroatoms. The van der Waals surface area contributed by atoms with E-state index in [0.717, 1.165) is 25.9 Å². The third kappa shape index (κ3) is 4.96. The van der Waals surface area contributed by atoms with Gasteiger partial charge in [-0.25, -0.2) is 0 Å². The lowest BCUT2D eigenvalue weighted by Crippen LogP contribution is -2.44. The number of aliphatic carboxylic acids is 1. The molecule has 1 amide bonds. The molecule has 0 fully saturated rings. The van der Waals surface area contributed by atoms with Crippen molar-refractivity contribution in [3.63, 3.8) is 0 Å². The lowest BCUT2D eigenvalue weighted by atomic mass is 10.2. The zero-order valence-electron chi connectivity index (χ0n) is 13.5. The molecule has 2 rings (SSSR count). The van der Waals surface area contributed by atoms with E-state index >= 15 is 0 Å². The quantitative estimate of drug-likeness (QED) is 0.633. The number of rotatable bonds is 9. The summed E-state index contributed by atoms with van der Waals surface area (Å²) in [4.78, 5) is 25.1. The van der Waals surface area contributed by atoms with Crippen molar-refractivity contribution in [2.45, 2.75) is 32.2 Å². The first-order valence-corrected chi connectivity index (χ1v) is 8.17. The summed E-state index contributed by atoms with van der Waals surface area (Å²) in [6.07, 6.45) is 2.33. The van der Waals surface area contributed by atoms with E-state index in [1.54, 1.807) is 0 Å². The average Bonchev–Trinajstić information content (AvgIpc) is 2.94. The number of fused-ring (bicyclic) bond motifs is 1. The molecule has 0 radical (unpaired) electrons. The molecule has 1 aliphatic rings. The summed E-state index contributed by atoms with van der Waals surface area (Å²) in [7, 11) is 0. The van der Waals surface area contributed by atoms with Crippen LogP contribution in [0, 0.1) is 0 Å². The van der Waals surface area contributed by atoms with Crippen LogP contribution in [-0.4, -0.2) is 49.2 Å². The van der Waals surface area contributed by atoms with Gasteiger partial charge in [0, 0.05) is 25.3 Å². The van der Waals surface area contributed by atoms with Gasteiger partial charge in [-0.1, -0.05) is 31.5 Å². The summed E-state index contributed by atoms with van der Waals surface area (Å²) in [6, 6.07) is 7.66. The van der Waals surface area contributed by atoms with Gasteiger partial charge in [-0.15, -0.1) is 0 Å². The first-order chi connectivity index (χ1) is 11.1. The molecule has 23 heavy (non-hydrogen) atoms. The van der Waals surface area contributed by atoms with Crippen molar-refractivity contribution in [2.75, 3.05) is 31.1 Å². The maximum atomic E-state index is 11.8. The molecule has 0 bridgehead atoms. The fraction of sp³-hybridized carbons (Fsp3) is 0.529. The molecular weight excluding hydrogens is 294 g/mol. The van der Waals surface area contributed by atoms with E-state index in [9.17, 15) is 9.59 Å². The minimum absolute atomic E-state index is 0.0353. The van der Waals surface area contributed by atoms with E-state index in [4.69, 9.17) is 5.11 Å². The van der Waals surface area contributed by atoms with Gasteiger partial charge in [0.25, 0.3) is 0 Å². The molecule has 1 aliphatic heterocycles. The SMILES string of the molecule is CCCC(NCC(=O)NCCN1CCc2ccccc21)C(=O)O. The molecule has 126 valence electrons. The van der Waals surface area contributed by atoms with E-state index in [2.05, 4.69) is 27.7 Å². The number of hydrogen-bond donors (Lipinski definition) is 3. The summed E-state index contributed by atoms with van der Waals surface area (Å²) >= 11 is 0. The Kier molecular flexibility index (Phi) is 6.40. The second-order valence-corrected chi connectivity index (χ2v) is 5.78. The van der Waals surface area contributed by atoms with Crippen LogP contribution in [0.4, 0.5) is 5.69 Å². The van der Waals surface area contributed by atoms with Gasteiger partial charge < -0.3 is 15.3 Å². The Bertz CT molecular complexity index is 548. The number of nitrogens with zero attached hydrogens (tertiary/aromatic N) is 1. The summed E-state index contributed by atoms with van der Waals surface area (Å²) in [5.74, 6) is -1.08. The molecule has 0 saturated carbocycles. The summed E-state index contributed by atoms with van der Waals surface area (Å²) in [5, 5.41) is 14.7. The highest BCUT2D eigenvalue weighted by Crippen LogP contribution is 2.26. The number of carboxylic acid groups (broad SMARTS) is 1. The smallest absolute Gasteiger partial charge is 0.320 e. The number of carbonyl (C=O) groups excluding carboxylic acids is 1. The normalized spacial score (nSPS) is 14.4. The molecule has 0 aromatic heterocycles. The van der Waals surface area contributed by atoms with Crippen molar-refractivity contribution < 1.29 is 14.7 Å². The molecular formula is C17H25N3O3. The largest absolute Gasteiger partial charge is 0.480 e. The molecule has 1 aromatic carbocycles. The predicted molar refractivity (Wildman–Crippen MR) is 89.7 cm³/mol. The lowest BCUT2D eigenvalue weighted by Gasteiger charge is -2.19. The van der Waals surface area contributed by atoms with E-state index in [-0.39, 0.29) is 12.5 Å². The molecule has 1 heterocycles. The average molecular weight is 319 g/mol. The Morgan fingerprint density at radius 2 is 2.13 bits per heavy atom. The monoisotopic (exact) mass is 319 g/mol. The molecule has 0 saturated heterocycles. The third-order valence-corrected chi connectivity index (χ3v) is 4.07. The van der Waals surface area contributed by atoms with E-state index < -0.39 is 12.0 Å². The maximum absolute atomic E-state index is 11.8. The number of nitrogens with one attached hydrogen (secondary N) is 2. The molecule has 6 nitrogen and oxygen atoms in total. The zero-order chi connectivity index (χ0) is 16.7. The predicted octanol–water partition coefficient (Wildman–Crippen LogP) is 1.01. The fourth-order valence-electron chi connectivity index (χ4n) is 2.85.